The second kappa shape index (κ2) is 8.06. The lowest BCUT2D eigenvalue weighted by Crippen LogP contribution is -2.48. The number of aromatic amines is 1. The Morgan fingerprint density at radius 3 is 2.75 bits per heavy atom. The number of H-pyrrole nitrogens is 1. The molecular formula is C18H25N5O. The number of likely N-dealkylation sites (tertiary alicyclic amines) is 1. The average Bonchev–Trinajstić information content (AvgIpc) is 3.14. The molecule has 1 atom stereocenters. The molecule has 1 aliphatic rings. The SMILES string of the molecule is CC(C(=O)NCc1cn[nH]n1)N1CCC(Cc2ccccc2)CC1. The third kappa shape index (κ3) is 4.41. The molecular weight excluding hydrogens is 302 g/mol. The van der Waals surface area contributed by atoms with Gasteiger partial charge in [0.25, 0.3) is 0 Å². The Kier molecular flexibility index (Phi) is 5.59. The van der Waals surface area contributed by atoms with Crippen LogP contribution in [-0.4, -0.2) is 45.3 Å². The molecule has 1 aliphatic heterocycles. The fourth-order valence-corrected chi connectivity index (χ4v) is 3.29. The van der Waals surface area contributed by atoms with Gasteiger partial charge in [0.05, 0.1) is 18.8 Å². The third-order valence-electron chi connectivity index (χ3n) is 4.85. The lowest BCUT2D eigenvalue weighted by molar-refractivity contribution is -0.126. The van der Waals surface area contributed by atoms with Gasteiger partial charge in [0.2, 0.25) is 5.91 Å². The largest absolute Gasteiger partial charge is 0.349 e. The molecule has 2 heterocycles. The van der Waals surface area contributed by atoms with Crippen LogP contribution in [0.2, 0.25) is 0 Å². The van der Waals surface area contributed by atoms with E-state index >= 15 is 0 Å². The van der Waals surface area contributed by atoms with Crippen molar-refractivity contribution in [2.45, 2.75) is 38.8 Å². The Morgan fingerprint density at radius 1 is 1.33 bits per heavy atom. The van der Waals surface area contributed by atoms with E-state index in [1.54, 1.807) is 6.20 Å². The van der Waals surface area contributed by atoms with Crippen molar-refractivity contribution < 1.29 is 4.79 Å². The number of nitrogens with one attached hydrogen (secondary N) is 2. The summed E-state index contributed by atoms with van der Waals surface area (Å²) in [6.45, 7) is 4.37. The van der Waals surface area contributed by atoms with Crippen LogP contribution in [0, 0.1) is 5.92 Å². The van der Waals surface area contributed by atoms with Gasteiger partial charge in [-0.25, -0.2) is 0 Å². The first-order valence-electron chi connectivity index (χ1n) is 8.62. The number of carbonyl (C=O) groups excluding carboxylic acids is 1. The quantitative estimate of drug-likeness (QED) is 0.848. The minimum absolute atomic E-state index is 0.0551. The number of nitrogens with zero attached hydrogens (tertiary/aromatic N) is 3. The van der Waals surface area contributed by atoms with E-state index < -0.39 is 0 Å². The van der Waals surface area contributed by atoms with E-state index in [-0.39, 0.29) is 11.9 Å². The van der Waals surface area contributed by atoms with Crippen molar-refractivity contribution in [3.63, 3.8) is 0 Å². The summed E-state index contributed by atoms with van der Waals surface area (Å²) >= 11 is 0. The molecule has 0 bridgehead atoms. The molecule has 2 aromatic rings. The van der Waals surface area contributed by atoms with Crippen molar-refractivity contribution in [2.75, 3.05) is 13.1 Å². The molecule has 1 amide bonds. The van der Waals surface area contributed by atoms with Crippen molar-refractivity contribution >= 4 is 5.91 Å². The maximum Gasteiger partial charge on any atom is 0.237 e. The molecule has 0 saturated carbocycles. The summed E-state index contributed by atoms with van der Waals surface area (Å²) in [5, 5.41) is 13.2. The van der Waals surface area contributed by atoms with Gasteiger partial charge in [-0.15, -0.1) is 0 Å². The predicted octanol–water partition coefficient (Wildman–Crippen LogP) is 1.76. The van der Waals surface area contributed by atoms with Gasteiger partial charge in [0, 0.05) is 0 Å². The second-order valence-electron chi connectivity index (χ2n) is 6.52. The van der Waals surface area contributed by atoms with E-state index in [1.807, 2.05) is 6.92 Å². The van der Waals surface area contributed by atoms with Crippen molar-refractivity contribution in [2.24, 2.45) is 5.92 Å². The van der Waals surface area contributed by atoms with Crippen LogP contribution < -0.4 is 5.32 Å². The van der Waals surface area contributed by atoms with Crippen molar-refractivity contribution in [1.29, 1.82) is 0 Å². The van der Waals surface area contributed by atoms with Gasteiger partial charge in [-0.2, -0.15) is 15.4 Å². The van der Waals surface area contributed by atoms with E-state index in [9.17, 15) is 4.79 Å². The number of aromatic nitrogens is 3. The summed E-state index contributed by atoms with van der Waals surface area (Å²) in [5.41, 5.74) is 2.16. The third-order valence-corrected chi connectivity index (χ3v) is 4.85. The first-order valence-corrected chi connectivity index (χ1v) is 8.62. The fraction of sp³-hybridized carbons (Fsp3) is 0.500. The van der Waals surface area contributed by atoms with Crippen LogP contribution in [0.1, 0.15) is 31.0 Å². The molecule has 0 radical (unpaired) electrons. The summed E-state index contributed by atoms with van der Waals surface area (Å²) in [6.07, 6.45) is 5.06. The van der Waals surface area contributed by atoms with Crippen LogP contribution in [0.25, 0.3) is 0 Å². The number of hydrogen-bond acceptors (Lipinski definition) is 4. The summed E-state index contributed by atoms with van der Waals surface area (Å²) in [7, 11) is 0. The van der Waals surface area contributed by atoms with E-state index in [1.165, 1.54) is 5.56 Å². The monoisotopic (exact) mass is 327 g/mol. The Bertz CT molecular complexity index is 620. The molecule has 2 N–H and O–H groups in total. The summed E-state index contributed by atoms with van der Waals surface area (Å²) in [5.74, 6) is 0.772. The Labute approximate surface area is 142 Å². The van der Waals surface area contributed by atoms with Crippen molar-refractivity contribution in [3.8, 4) is 0 Å². The maximum absolute atomic E-state index is 12.3. The zero-order valence-electron chi connectivity index (χ0n) is 14.1. The molecule has 1 fully saturated rings. The summed E-state index contributed by atoms with van der Waals surface area (Å²) < 4.78 is 0. The Balaban J connectivity index is 1.42. The number of benzene rings is 1. The molecule has 6 heteroatoms. The highest BCUT2D eigenvalue weighted by Gasteiger charge is 2.26. The first kappa shape index (κ1) is 16.6. The zero-order chi connectivity index (χ0) is 16.8. The number of rotatable bonds is 6. The highest BCUT2D eigenvalue weighted by Crippen LogP contribution is 2.22. The van der Waals surface area contributed by atoms with Gasteiger partial charge < -0.3 is 5.32 Å². The Morgan fingerprint density at radius 2 is 2.08 bits per heavy atom. The number of piperidine rings is 1. The number of hydrogen-bond donors (Lipinski definition) is 2. The topological polar surface area (TPSA) is 73.9 Å². The van der Waals surface area contributed by atoms with Crippen LogP contribution in [0.4, 0.5) is 0 Å². The fourth-order valence-electron chi connectivity index (χ4n) is 3.29. The molecule has 1 aromatic carbocycles. The average molecular weight is 327 g/mol. The van der Waals surface area contributed by atoms with Crippen LogP contribution in [-0.2, 0) is 17.8 Å². The van der Waals surface area contributed by atoms with E-state index in [4.69, 9.17) is 0 Å². The van der Waals surface area contributed by atoms with E-state index in [0.29, 0.717) is 12.5 Å². The lowest BCUT2D eigenvalue weighted by atomic mass is 9.89. The van der Waals surface area contributed by atoms with Crippen molar-refractivity contribution in [1.82, 2.24) is 25.6 Å². The van der Waals surface area contributed by atoms with E-state index in [2.05, 4.69) is 56.0 Å². The van der Waals surface area contributed by atoms with Gasteiger partial charge in [-0.05, 0) is 50.8 Å². The standard InChI is InChI=1S/C18H25N5O/c1-14(18(24)19-12-17-13-20-22-21-17)23-9-7-16(8-10-23)11-15-5-3-2-4-6-15/h2-6,13-14,16H,7-12H2,1H3,(H,19,24)(H,20,21,22). The number of carbonyl (C=O) groups is 1. The normalized spacial score (nSPS) is 17.5. The van der Waals surface area contributed by atoms with Gasteiger partial charge in [-0.3, -0.25) is 9.69 Å². The molecule has 3 rings (SSSR count). The molecule has 1 unspecified atom stereocenters. The Hall–Kier alpha value is -2.21. The molecule has 1 saturated heterocycles. The molecule has 24 heavy (non-hydrogen) atoms. The van der Waals surface area contributed by atoms with Gasteiger partial charge in [-0.1, -0.05) is 30.3 Å². The first-order chi connectivity index (χ1) is 11.7. The van der Waals surface area contributed by atoms with Crippen LogP contribution >= 0.6 is 0 Å². The number of amides is 1. The van der Waals surface area contributed by atoms with Gasteiger partial charge >= 0.3 is 0 Å². The predicted molar refractivity (Wildman–Crippen MR) is 92.1 cm³/mol. The van der Waals surface area contributed by atoms with Crippen molar-refractivity contribution in [3.05, 3.63) is 47.8 Å². The molecule has 0 spiro atoms. The minimum Gasteiger partial charge on any atom is -0.349 e. The molecule has 6 nitrogen and oxygen atoms in total. The smallest absolute Gasteiger partial charge is 0.237 e. The highest BCUT2D eigenvalue weighted by atomic mass is 16.2. The van der Waals surface area contributed by atoms with Crippen LogP contribution in [0.15, 0.2) is 36.5 Å². The molecule has 1 aromatic heterocycles. The lowest BCUT2D eigenvalue weighted by Gasteiger charge is -2.35. The zero-order valence-corrected chi connectivity index (χ0v) is 14.1. The molecule has 128 valence electrons. The molecule has 0 aliphatic carbocycles. The summed E-state index contributed by atoms with van der Waals surface area (Å²) in [4.78, 5) is 14.6. The van der Waals surface area contributed by atoms with Crippen LogP contribution in [0.3, 0.4) is 0 Å². The van der Waals surface area contributed by atoms with E-state index in [0.717, 1.165) is 38.0 Å². The van der Waals surface area contributed by atoms with Gasteiger partial charge in [0.15, 0.2) is 0 Å². The summed E-state index contributed by atoms with van der Waals surface area (Å²) in [6, 6.07) is 10.6. The van der Waals surface area contributed by atoms with Crippen LogP contribution in [0.5, 0.6) is 0 Å². The minimum atomic E-state index is -0.102. The second-order valence-corrected chi connectivity index (χ2v) is 6.52. The van der Waals surface area contributed by atoms with Gasteiger partial charge in [0.1, 0.15) is 5.69 Å². The highest BCUT2D eigenvalue weighted by molar-refractivity contribution is 5.81. The maximum atomic E-state index is 12.3.